The van der Waals surface area contributed by atoms with Crippen molar-refractivity contribution in [3.8, 4) is 12.3 Å². The van der Waals surface area contributed by atoms with E-state index >= 15 is 0 Å². The molecular weight excluding hydrogens is 308 g/mol. The molecule has 0 bridgehead atoms. The second-order valence-corrected chi connectivity index (χ2v) is 4.53. The summed E-state index contributed by atoms with van der Waals surface area (Å²) >= 11 is 6.75. The highest BCUT2D eigenvalue weighted by Crippen LogP contribution is 2.24. The quantitative estimate of drug-likeness (QED) is 0.864. The van der Waals surface area contributed by atoms with Gasteiger partial charge in [-0.05, 0) is 44.3 Å². The van der Waals surface area contributed by atoms with Crippen LogP contribution in [-0.4, -0.2) is 11.0 Å². The molecule has 1 unspecified atom stereocenters. The van der Waals surface area contributed by atoms with Crippen LogP contribution >= 0.6 is 31.9 Å². The maximum absolute atomic E-state index is 5.35. The first-order valence-electron chi connectivity index (χ1n) is 4.21. The SMILES string of the molecule is C#CC(CC)Nc1ncc(Br)cc1Br. The third-order valence-corrected chi connectivity index (χ3v) is 2.77. The van der Waals surface area contributed by atoms with E-state index in [9.17, 15) is 0 Å². The van der Waals surface area contributed by atoms with E-state index in [0.29, 0.717) is 0 Å². The molecule has 1 rings (SSSR count). The molecule has 0 spiro atoms. The summed E-state index contributed by atoms with van der Waals surface area (Å²) in [5.41, 5.74) is 0. The normalized spacial score (nSPS) is 11.9. The van der Waals surface area contributed by atoms with Crippen molar-refractivity contribution in [1.82, 2.24) is 4.98 Å². The molecule has 0 aliphatic rings. The van der Waals surface area contributed by atoms with Crippen LogP contribution < -0.4 is 5.32 Å². The van der Waals surface area contributed by atoms with E-state index < -0.39 is 0 Å². The maximum Gasteiger partial charge on any atom is 0.141 e. The van der Waals surface area contributed by atoms with Gasteiger partial charge in [-0.15, -0.1) is 6.42 Å². The average molecular weight is 318 g/mol. The van der Waals surface area contributed by atoms with Gasteiger partial charge in [0, 0.05) is 10.7 Å². The van der Waals surface area contributed by atoms with Crippen LogP contribution in [0.4, 0.5) is 5.82 Å². The van der Waals surface area contributed by atoms with E-state index in [-0.39, 0.29) is 6.04 Å². The number of halogens is 2. The monoisotopic (exact) mass is 316 g/mol. The summed E-state index contributed by atoms with van der Waals surface area (Å²) in [6.07, 6.45) is 7.95. The number of hydrogen-bond donors (Lipinski definition) is 1. The molecule has 14 heavy (non-hydrogen) atoms. The number of aromatic nitrogens is 1. The lowest BCUT2D eigenvalue weighted by Gasteiger charge is -2.12. The molecule has 1 aromatic rings. The fraction of sp³-hybridized carbons (Fsp3) is 0.300. The van der Waals surface area contributed by atoms with E-state index in [1.54, 1.807) is 6.20 Å². The third kappa shape index (κ3) is 3.00. The van der Waals surface area contributed by atoms with Crippen molar-refractivity contribution in [1.29, 1.82) is 0 Å². The fourth-order valence-corrected chi connectivity index (χ4v) is 2.05. The first-order chi connectivity index (χ1) is 6.67. The Bertz CT molecular complexity index is 358. The van der Waals surface area contributed by atoms with Crippen molar-refractivity contribution in [2.45, 2.75) is 19.4 Å². The van der Waals surface area contributed by atoms with E-state index in [1.165, 1.54) is 0 Å². The van der Waals surface area contributed by atoms with E-state index in [1.807, 2.05) is 13.0 Å². The molecule has 0 amide bonds. The molecule has 0 aliphatic heterocycles. The maximum atomic E-state index is 5.35. The second-order valence-electron chi connectivity index (χ2n) is 2.76. The highest BCUT2D eigenvalue weighted by atomic mass is 79.9. The van der Waals surface area contributed by atoms with E-state index in [4.69, 9.17) is 6.42 Å². The van der Waals surface area contributed by atoms with Gasteiger partial charge < -0.3 is 5.32 Å². The number of nitrogens with zero attached hydrogens (tertiary/aromatic N) is 1. The van der Waals surface area contributed by atoms with Crippen LogP contribution in [0.25, 0.3) is 0 Å². The Kier molecular flexibility index (Phi) is 4.43. The summed E-state index contributed by atoms with van der Waals surface area (Å²) in [5.74, 6) is 3.43. The van der Waals surface area contributed by atoms with Crippen LogP contribution in [0.1, 0.15) is 13.3 Å². The van der Waals surface area contributed by atoms with Gasteiger partial charge >= 0.3 is 0 Å². The lowest BCUT2D eigenvalue weighted by atomic mass is 10.2. The number of nitrogens with one attached hydrogen (secondary N) is 1. The van der Waals surface area contributed by atoms with Gasteiger partial charge in [0.1, 0.15) is 5.82 Å². The Labute approximate surface area is 101 Å². The van der Waals surface area contributed by atoms with Gasteiger partial charge in [-0.3, -0.25) is 0 Å². The molecule has 0 saturated heterocycles. The van der Waals surface area contributed by atoms with Crippen molar-refractivity contribution >= 4 is 37.7 Å². The van der Waals surface area contributed by atoms with Gasteiger partial charge in [0.25, 0.3) is 0 Å². The number of hydrogen-bond acceptors (Lipinski definition) is 2. The molecule has 1 aromatic heterocycles. The molecule has 1 N–H and O–H groups in total. The Morgan fingerprint density at radius 1 is 1.64 bits per heavy atom. The number of rotatable bonds is 3. The Morgan fingerprint density at radius 2 is 2.36 bits per heavy atom. The first kappa shape index (κ1) is 11.5. The molecule has 1 atom stereocenters. The van der Waals surface area contributed by atoms with Gasteiger partial charge in [-0.2, -0.15) is 0 Å². The van der Waals surface area contributed by atoms with E-state index in [0.717, 1.165) is 21.2 Å². The van der Waals surface area contributed by atoms with Crippen LogP contribution in [0.5, 0.6) is 0 Å². The van der Waals surface area contributed by atoms with Gasteiger partial charge in [0.2, 0.25) is 0 Å². The van der Waals surface area contributed by atoms with Gasteiger partial charge in [-0.1, -0.05) is 12.8 Å². The van der Waals surface area contributed by atoms with Gasteiger partial charge in [0.05, 0.1) is 10.5 Å². The number of terminal acetylenes is 1. The van der Waals surface area contributed by atoms with Crippen molar-refractivity contribution in [2.75, 3.05) is 5.32 Å². The minimum atomic E-state index is 0.0278. The highest BCUT2D eigenvalue weighted by Gasteiger charge is 2.06. The molecule has 4 heteroatoms. The number of pyridine rings is 1. The minimum Gasteiger partial charge on any atom is -0.356 e. The molecule has 74 valence electrons. The molecule has 2 nitrogen and oxygen atoms in total. The lowest BCUT2D eigenvalue weighted by molar-refractivity contribution is 0.849. The van der Waals surface area contributed by atoms with Crippen LogP contribution in [-0.2, 0) is 0 Å². The fourth-order valence-electron chi connectivity index (χ4n) is 0.947. The number of anilines is 1. The smallest absolute Gasteiger partial charge is 0.141 e. The van der Waals surface area contributed by atoms with Crippen LogP contribution in [0.2, 0.25) is 0 Å². The van der Waals surface area contributed by atoms with Gasteiger partial charge in [-0.25, -0.2) is 4.98 Å². The average Bonchev–Trinajstić information content (AvgIpc) is 2.17. The van der Waals surface area contributed by atoms with Gasteiger partial charge in [0.15, 0.2) is 0 Å². The summed E-state index contributed by atoms with van der Waals surface area (Å²) in [6.45, 7) is 2.03. The Balaban J connectivity index is 2.82. The summed E-state index contributed by atoms with van der Waals surface area (Å²) in [6, 6.07) is 1.96. The molecule has 0 fully saturated rings. The Morgan fingerprint density at radius 3 is 2.86 bits per heavy atom. The summed E-state index contributed by atoms with van der Waals surface area (Å²) in [7, 11) is 0. The zero-order valence-corrected chi connectivity index (χ0v) is 10.9. The van der Waals surface area contributed by atoms with Crippen molar-refractivity contribution in [3.05, 3.63) is 21.2 Å². The van der Waals surface area contributed by atoms with Crippen LogP contribution in [0.3, 0.4) is 0 Å². The molecular formula is C10H10Br2N2. The molecule has 0 saturated carbocycles. The lowest BCUT2D eigenvalue weighted by Crippen LogP contribution is -2.16. The molecule has 0 aromatic carbocycles. The molecule has 0 radical (unpaired) electrons. The minimum absolute atomic E-state index is 0.0278. The highest BCUT2D eigenvalue weighted by molar-refractivity contribution is 9.11. The second kappa shape index (κ2) is 5.38. The summed E-state index contributed by atoms with van der Waals surface area (Å²) in [4.78, 5) is 4.21. The van der Waals surface area contributed by atoms with Crippen LogP contribution in [0, 0.1) is 12.3 Å². The molecule has 1 heterocycles. The van der Waals surface area contributed by atoms with Crippen molar-refractivity contribution < 1.29 is 0 Å². The predicted octanol–water partition coefficient (Wildman–Crippen LogP) is 3.43. The summed E-state index contributed by atoms with van der Waals surface area (Å²) in [5, 5.41) is 3.16. The zero-order chi connectivity index (χ0) is 10.6. The van der Waals surface area contributed by atoms with E-state index in [2.05, 4.69) is 48.1 Å². The van der Waals surface area contributed by atoms with Crippen LogP contribution in [0.15, 0.2) is 21.2 Å². The third-order valence-electron chi connectivity index (χ3n) is 1.73. The topological polar surface area (TPSA) is 24.9 Å². The summed E-state index contributed by atoms with van der Waals surface area (Å²) < 4.78 is 1.84. The Hall–Kier alpha value is -0.530. The largest absolute Gasteiger partial charge is 0.356 e. The molecule has 0 aliphatic carbocycles. The standard InChI is InChI=1S/C10H10Br2N2/c1-3-8(4-2)14-10-9(12)5-7(11)6-13-10/h1,5-6,8H,4H2,2H3,(H,13,14). The van der Waals surface area contributed by atoms with Crippen molar-refractivity contribution in [3.63, 3.8) is 0 Å². The first-order valence-corrected chi connectivity index (χ1v) is 5.79. The zero-order valence-electron chi connectivity index (χ0n) is 7.72. The van der Waals surface area contributed by atoms with Crippen molar-refractivity contribution in [2.24, 2.45) is 0 Å². The predicted molar refractivity (Wildman–Crippen MR) is 66.2 cm³/mol.